The smallest absolute Gasteiger partial charge is 0.263 e. The predicted octanol–water partition coefficient (Wildman–Crippen LogP) is 0.889. The number of pyridine rings is 1. The number of aliphatic imine (C=N–C) groups is 1. The Kier molecular flexibility index (Phi) is 4.95. The molecule has 6 heteroatoms. The zero-order chi connectivity index (χ0) is 16.3. The van der Waals surface area contributed by atoms with Crippen molar-refractivity contribution in [2.75, 3.05) is 13.2 Å². The molecule has 0 spiro atoms. The number of aliphatic hydroxyl groups is 2. The molecule has 0 unspecified atom stereocenters. The molecule has 2 aromatic rings. The molecule has 0 saturated carbocycles. The number of para-hydroxylation sites is 1. The Morgan fingerprint density at radius 2 is 2.05 bits per heavy atom. The van der Waals surface area contributed by atoms with E-state index >= 15 is 0 Å². The van der Waals surface area contributed by atoms with Gasteiger partial charge >= 0.3 is 0 Å². The number of aromatic nitrogens is 1. The van der Waals surface area contributed by atoms with Crippen molar-refractivity contribution in [1.29, 1.82) is 0 Å². The summed E-state index contributed by atoms with van der Waals surface area (Å²) in [7, 11) is 0. The fourth-order valence-corrected chi connectivity index (χ4v) is 2.41. The highest BCUT2D eigenvalue weighted by atomic mass is 16.3. The molecule has 1 aromatic carbocycles. The van der Waals surface area contributed by atoms with E-state index in [0.29, 0.717) is 23.2 Å². The number of aliphatic hydroxyl groups excluding tert-OH is 2. The first kappa shape index (κ1) is 16.2. The molecule has 0 saturated heterocycles. The summed E-state index contributed by atoms with van der Waals surface area (Å²) in [5, 5.41) is 29.2. The van der Waals surface area contributed by atoms with Gasteiger partial charge in [-0.15, -0.1) is 0 Å². The maximum atomic E-state index is 12.6. The number of rotatable bonds is 5. The molecular weight excluding hydrogens is 284 g/mol. The fourth-order valence-electron chi connectivity index (χ4n) is 2.41. The number of hydrogen-bond acceptors (Lipinski definition) is 5. The van der Waals surface area contributed by atoms with Gasteiger partial charge in [-0.25, -0.2) is 0 Å². The molecule has 3 N–H and O–H groups in total. The normalized spacial score (nSPS) is 13.5. The molecule has 1 heterocycles. The van der Waals surface area contributed by atoms with Crippen molar-refractivity contribution >= 4 is 16.6 Å². The second-order valence-electron chi connectivity index (χ2n) is 5.05. The van der Waals surface area contributed by atoms with Crippen molar-refractivity contribution in [3.05, 3.63) is 40.2 Å². The van der Waals surface area contributed by atoms with E-state index in [0.717, 1.165) is 0 Å². The van der Waals surface area contributed by atoms with Gasteiger partial charge in [-0.2, -0.15) is 0 Å². The van der Waals surface area contributed by atoms with E-state index in [1.165, 1.54) is 0 Å². The third-order valence-corrected chi connectivity index (χ3v) is 3.57. The molecule has 0 aliphatic rings. The Morgan fingerprint density at radius 3 is 2.68 bits per heavy atom. The lowest BCUT2D eigenvalue weighted by Crippen LogP contribution is -2.26. The van der Waals surface area contributed by atoms with Crippen molar-refractivity contribution in [2.45, 2.75) is 26.5 Å². The number of nitrogens with zero attached hydrogens (tertiary/aromatic N) is 2. The second-order valence-corrected chi connectivity index (χ2v) is 5.05. The first-order valence-corrected chi connectivity index (χ1v) is 7.16. The van der Waals surface area contributed by atoms with Gasteiger partial charge < -0.3 is 19.9 Å². The summed E-state index contributed by atoms with van der Waals surface area (Å²) >= 11 is 0. The Balaban J connectivity index is 2.66. The van der Waals surface area contributed by atoms with Crippen molar-refractivity contribution in [3.8, 4) is 5.75 Å². The van der Waals surface area contributed by atoms with Crippen molar-refractivity contribution in [3.63, 3.8) is 0 Å². The maximum Gasteiger partial charge on any atom is 0.263 e. The zero-order valence-corrected chi connectivity index (χ0v) is 12.7. The first-order chi connectivity index (χ1) is 10.5. The lowest BCUT2D eigenvalue weighted by Gasteiger charge is -2.14. The van der Waals surface area contributed by atoms with Crippen molar-refractivity contribution < 1.29 is 15.3 Å². The molecule has 0 bridgehead atoms. The fraction of sp³-hybridized carbons (Fsp3) is 0.375. The number of aryl methyl sites for hydroxylation is 1. The van der Waals surface area contributed by atoms with Gasteiger partial charge in [0.2, 0.25) is 0 Å². The third kappa shape index (κ3) is 2.88. The molecule has 22 heavy (non-hydrogen) atoms. The molecule has 118 valence electrons. The van der Waals surface area contributed by atoms with Crippen LogP contribution in [0.1, 0.15) is 19.4 Å². The average Bonchev–Trinajstić information content (AvgIpc) is 2.53. The van der Waals surface area contributed by atoms with Crippen LogP contribution in [0.5, 0.6) is 5.75 Å². The van der Waals surface area contributed by atoms with Crippen LogP contribution in [0.4, 0.5) is 0 Å². The molecule has 0 fully saturated rings. The Bertz CT molecular complexity index is 765. The van der Waals surface area contributed by atoms with Crippen LogP contribution in [-0.4, -0.2) is 44.9 Å². The number of fused-ring (bicyclic) bond motifs is 1. The quantitative estimate of drug-likeness (QED) is 0.715. The summed E-state index contributed by atoms with van der Waals surface area (Å²) in [5.41, 5.74) is 0.812. The monoisotopic (exact) mass is 304 g/mol. The highest BCUT2D eigenvalue weighted by Gasteiger charge is 2.17. The highest BCUT2D eigenvalue weighted by Crippen LogP contribution is 2.26. The molecule has 1 atom stereocenters. The molecule has 0 aliphatic heterocycles. The summed E-state index contributed by atoms with van der Waals surface area (Å²) in [6.45, 7) is 3.50. The van der Waals surface area contributed by atoms with Gasteiger partial charge in [-0.1, -0.05) is 12.1 Å². The van der Waals surface area contributed by atoms with Gasteiger partial charge in [-0.3, -0.25) is 9.79 Å². The second kappa shape index (κ2) is 6.72. The lowest BCUT2D eigenvalue weighted by molar-refractivity contribution is 0.102. The molecular formula is C16H20N2O4. The molecule has 0 aliphatic carbocycles. The predicted molar refractivity (Wildman–Crippen MR) is 85.7 cm³/mol. The Morgan fingerprint density at radius 1 is 1.36 bits per heavy atom. The molecule has 2 rings (SSSR count). The lowest BCUT2D eigenvalue weighted by atomic mass is 10.1. The number of hydrogen-bond donors (Lipinski definition) is 3. The van der Waals surface area contributed by atoms with Crippen LogP contribution in [0.15, 0.2) is 34.1 Å². The van der Waals surface area contributed by atoms with Crippen LogP contribution in [0, 0.1) is 0 Å². The average molecular weight is 304 g/mol. The van der Waals surface area contributed by atoms with Gasteiger partial charge in [0.15, 0.2) is 0 Å². The van der Waals surface area contributed by atoms with E-state index < -0.39 is 12.7 Å². The van der Waals surface area contributed by atoms with Crippen LogP contribution in [0.2, 0.25) is 0 Å². The van der Waals surface area contributed by atoms with E-state index in [9.17, 15) is 15.0 Å². The van der Waals surface area contributed by atoms with Crippen LogP contribution < -0.4 is 5.56 Å². The van der Waals surface area contributed by atoms with Gasteiger partial charge in [0.1, 0.15) is 11.3 Å². The van der Waals surface area contributed by atoms with Crippen LogP contribution in [0.3, 0.4) is 0 Å². The van der Waals surface area contributed by atoms with Crippen molar-refractivity contribution in [2.24, 2.45) is 4.99 Å². The van der Waals surface area contributed by atoms with E-state index in [4.69, 9.17) is 5.11 Å². The molecule has 0 radical (unpaired) electrons. The highest BCUT2D eigenvalue weighted by molar-refractivity contribution is 6.05. The topological polar surface area (TPSA) is 95.1 Å². The first-order valence-electron chi connectivity index (χ1n) is 7.16. The van der Waals surface area contributed by atoms with E-state index in [1.807, 2.05) is 13.0 Å². The van der Waals surface area contributed by atoms with E-state index in [-0.39, 0.29) is 23.4 Å². The Labute approximate surface area is 128 Å². The summed E-state index contributed by atoms with van der Waals surface area (Å²) in [6.07, 6.45) is -0.981. The Hall–Kier alpha value is -2.18. The SMILES string of the molecule is CCn1c(=O)c(C(C)=NC[C@H](O)CO)c(O)c2ccccc21. The van der Waals surface area contributed by atoms with Crippen LogP contribution in [0.25, 0.3) is 10.9 Å². The molecule has 1 aromatic heterocycles. The largest absolute Gasteiger partial charge is 0.506 e. The number of benzene rings is 1. The summed E-state index contributed by atoms with van der Waals surface area (Å²) in [6, 6.07) is 7.13. The maximum absolute atomic E-state index is 12.6. The van der Waals surface area contributed by atoms with E-state index in [1.54, 1.807) is 29.7 Å². The van der Waals surface area contributed by atoms with Gasteiger partial charge in [-0.05, 0) is 26.0 Å². The zero-order valence-electron chi connectivity index (χ0n) is 12.7. The standard InChI is InChI=1S/C16H20N2O4/c1-3-18-13-7-5-4-6-12(13)15(21)14(16(18)22)10(2)17-8-11(20)9-19/h4-7,11,19-21H,3,8-9H2,1-2H3/t11-/m0/s1. The van der Waals surface area contributed by atoms with Crippen molar-refractivity contribution in [1.82, 2.24) is 4.57 Å². The summed E-state index contributed by atoms with van der Waals surface area (Å²) in [4.78, 5) is 16.7. The summed E-state index contributed by atoms with van der Waals surface area (Å²) < 4.78 is 1.58. The minimum Gasteiger partial charge on any atom is -0.506 e. The van der Waals surface area contributed by atoms with Crippen LogP contribution in [-0.2, 0) is 6.54 Å². The number of aromatic hydroxyl groups is 1. The molecule has 6 nitrogen and oxygen atoms in total. The van der Waals surface area contributed by atoms with Gasteiger partial charge in [0, 0.05) is 17.6 Å². The minimum absolute atomic E-state index is 0.0276. The van der Waals surface area contributed by atoms with Crippen LogP contribution >= 0.6 is 0 Å². The third-order valence-electron chi connectivity index (χ3n) is 3.57. The minimum atomic E-state index is -0.981. The summed E-state index contributed by atoms with van der Waals surface area (Å²) in [5.74, 6) is -0.106. The van der Waals surface area contributed by atoms with Gasteiger partial charge in [0.05, 0.1) is 24.8 Å². The van der Waals surface area contributed by atoms with Gasteiger partial charge in [0.25, 0.3) is 5.56 Å². The van der Waals surface area contributed by atoms with E-state index in [2.05, 4.69) is 4.99 Å². The molecule has 0 amide bonds.